The summed E-state index contributed by atoms with van der Waals surface area (Å²) in [6.45, 7) is 0.221. The number of nitrogens with one attached hydrogen (secondary N) is 1. The van der Waals surface area contributed by atoms with E-state index in [0.717, 1.165) is 10.8 Å². The molecule has 6 nitrogen and oxygen atoms in total. The molecule has 0 unspecified atom stereocenters. The lowest BCUT2D eigenvalue weighted by Gasteiger charge is -2.36. The fourth-order valence-corrected chi connectivity index (χ4v) is 3.83. The molecule has 0 aliphatic carbocycles. The quantitative estimate of drug-likeness (QED) is 0.705. The van der Waals surface area contributed by atoms with Crippen molar-refractivity contribution in [1.82, 2.24) is 15.1 Å². The molecule has 2 aromatic carbocycles. The van der Waals surface area contributed by atoms with Crippen molar-refractivity contribution < 1.29 is 13.9 Å². The second-order valence-corrected chi connectivity index (χ2v) is 7.38. The fraction of sp³-hybridized carbons (Fsp3) is 0.286. The molecule has 1 aliphatic heterocycles. The Balaban J connectivity index is 1.74. The maximum absolute atomic E-state index is 13.9. The molecule has 29 heavy (non-hydrogen) atoms. The van der Waals surface area contributed by atoms with Gasteiger partial charge < -0.3 is 10.4 Å². The number of aromatic nitrogens is 2. The number of rotatable bonds is 3. The van der Waals surface area contributed by atoms with Crippen LogP contribution in [0.15, 0.2) is 42.5 Å². The van der Waals surface area contributed by atoms with Crippen LogP contribution in [0.3, 0.4) is 0 Å². The molecule has 0 saturated carbocycles. The predicted molar refractivity (Wildman–Crippen MR) is 106 cm³/mol. The maximum atomic E-state index is 13.9. The lowest BCUT2D eigenvalue weighted by Crippen LogP contribution is -2.50. The SMILES string of the molecule is CN1C[C@H](Nc2nnc(-c3ccc(C#N)cc3O)c3ccccc23)CC(F)(F)C1. The number of halogens is 2. The number of fused-ring (bicyclic) bond motifs is 1. The number of alkyl halides is 2. The first kappa shape index (κ1) is 19.0. The van der Waals surface area contributed by atoms with E-state index in [9.17, 15) is 13.9 Å². The van der Waals surface area contributed by atoms with Crippen LogP contribution in [-0.4, -0.2) is 52.3 Å². The first-order chi connectivity index (χ1) is 13.9. The number of phenols is 1. The van der Waals surface area contributed by atoms with E-state index >= 15 is 0 Å². The fourth-order valence-electron chi connectivity index (χ4n) is 3.83. The van der Waals surface area contributed by atoms with Gasteiger partial charge in [0, 0.05) is 35.3 Å². The Labute approximate surface area is 166 Å². The van der Waals surface area contributed by atoms with Crippen molar-refractivity contribution in [3.63, 3.8) is 0 Å². The Hall–Kier alpha value is -3.31. The number of aromatic hydroxyl groups is 1. The number of hydrogen-bond donors (Lipinski definition) is 2. The molecule has 1 atom stereocenters. The summed E-state index contributed by atoms with van der Waals surface area (Å²) in [5, 5.41) is 32.4. The Morgan fingerprint density at radius 3 is 2.66 bits per heavy atom. The van der Waals surface area contributed by atoms with Gasteiger partial charge >= 0.3 is 0 Å². The van der Waals surface area contributed by atoms with Crippen molar-refractivity contribution in [2.75, 3.05) is 25.5 Å². The van der Waals surface area contributed by atoms with E-state index in [1.54, 1.807) is 24.1 Å². The average Bonchev–Trinajstić information content (AvgIpc) is 2.67. The molecule has 8 heteroatoms. The molecule has 3 aromatic rings. The first-order valence-corrected chi connectivity index (χ1v) is 9.18. The highest BCUT2D eigenvalue weighted by Gasteiger charge is 2.39. The average molecular weight is 395 g/mol. The summed E-state index contributed by atoms with van der Waals surface area (Å²) >= 11 is 0. The molecule has 0 spiro atoms. The molecular formula is C21H19F2N5O. The number of anilines is 1. The van der Waals surface area contributed by atoms with Crippen molar-refractivity contribution in [2.24, 2.45) is 0 Å². The highest BCUT2D eigenvalue weighted by atomic mass is 19.3. The van der Waals surface area contributed by atoms with E-state index in [4.69, 9.17) is 5.26 Å². The van der Waals surface area contributed by atoms with Crippen molar-refractivity contribution in [3.05, 3.63) is 48.0 Å². The van der Waals surface area contributed by atoms with Gasteiger partial charge in [0.15, 0.2) is 5.82 Å². The molecule has 2 N–H and O–H groups in total. The van der Waals surface area contributed by atoms with E-state index in [1.165, 1.54) is 6.07 Å². The zero-order valence-corrected chi connectivity index (χ0v) is 15.7. The molecule has 1 saturated heterocycles. The number of likely N-dealkylation sites (tertiary alicyclic amines) is 1. The molecule has 1 aliphatic rings. The highest BCUT2D eigenvalue weighted by molar-refractivity contribution is 6.00. The normalized spacial score (nSPS) is 19.0. The van der Waals surface area contributed by atoms with Crippen LogP contribution < -0.4 is 5.32 Å². The summed E-state index contributed by atoms with van der Waals surface area (Å²) in [5.74, 6) is -2.41. The minimum Gasteiger partial charge on any atom is -0.507 e. The van der Waals surface area contributed by atoms with Crippen LogP contribution in [0.4, 0.5) is 14.6 Å². The van der Waals surface area contributed by atoms with Gasteiger partial charge in [0.05, 0.1) is 18.2 Å². The molecule has 4 rings (SSSR count). The zero-order chi connectivity index (χ0) is 20.6. The minimum absolute atomic E-state index is 0.0715. The maximum Gasteiger partial charge on any atom is 0.262 e. The topological polar surface area (TPSA) is 85.1 Å². The van der Waals surface area contributed by atoms with Crippen LogP contribution in [0.2, 0.25) is 0 Å². The Kier molecular flexibility index (Phi) is 4.76. The third-order valence-electron chi connectivity index (χ3n) is 4.99. The molecule has 0 bridgehead atoms. The minimum atomic E-state index is -2.76. The predicted octanol–water partition coefficient (Wildman–Crippen LogP) is 3.63. The van der Waals surface area contributed by atoms with Crippen LogP contribution in [0, 0.1) is 11.3 Å². The molecule has 1 aromatic heterocycles. The summed E-state index contributed by atoms with van der Waals surface area (Å²) in [7, 11) is 1.67. The van der Waals surface area contributed by atoms with Crippen molar-refractivity contribution in [1.29, 1.82) is 5.26 Å². The van der Waals surface area contributed by atoms with Crippen molar-refractivity contribution in [2.45, 2.75) is 18.4 Å². The van der Waals surface area contributed by atoms with Gasteiger partial charge in [-0.3, -0.25) is 4.90 Å². The lowest BCUT2D eigenvalue weighted by molar-refractivity contribution is -0.0611. The van der Waals surface area contributed by atoms with E-state index in [1.807, 2.05) is 30.3 Å². The standard InChI is InChI=1S/C21H19F2N5O/c1-28-11-14(9-21(22,23)12-28)25-20-16-5-3-2-4-15(16)19(26-27-20)17-7-6-13(10-24)8-18(17)29/h2-8,14,29H,9,11-12H2,1H3,(H,25,27)/t14-/m1/s1. The summed E-state index contributed by atoms with van der Waals surface area (Å²) in [6.07, 6.45) is -0.272. The summed E-state index contributed by atoms with van der Waals surface area (Å²) in [5.41, 5.74) is 1.24. The van der Waals surface area contributed by atoms with Gasteiger partial charge in [-0.25, -0.2) is 8.78 Å². The number of hydrogen-bond acceptors (Lipinski definition) is 6. The number of nitrogens with zero attached hydrogens (tertiary/aromatic N) is 4. The van der Waals surface area contributed by atoms with Crippen molar-refractivity contribution >= 4 is 16.6 Å². The van der Waals surface area contributed by atoms with Gasteiger partial charge in [-0.2, -0.15) is 5.26 Å². The molecule has 2 heterocycles. The molecule has 148 valence electrons. The Morgan fingerprint density at radius 1 is 1.21 bits per heavy atom. The van der Waals surface area contributed by atoms with Gasteiger partial charge in [0.1, 0.15) is 11.4 Å². The van der Waals surface area contributed by atoms with E-state index in [0.29, 0.717) is 29.2 Å². The Morgan fingerprint density at radius 2 is 1.97 bits per heavy atom. The number of piperidine rings is 1. The van der Waals surface area contributed by atoms with Crippen molar-refractivity contribution in [3.8, 4) is 23.1 Å². The van der Waals surface area contributed by atoms with E-state index in [2.05, 4.69) is 15.5 Å². The first-order valence-electron chi connectivity index (χ1n) is 9.18. The highest BCUT2D eigenvalue weighted by Crippen LogP contribution is 2.36. The van der Waals surface area contributed by atoms with E-state index < -0.39 is 12.0 Å². The monoisotopic (exact) mass is 395 g/mol. The number of phenolic OH excluding ortho intramolecular Hbond substituents is 1. The molecular weight excluding hydrogens is 376 g/mol. The smallest absolute Gasteiger partial charge is 0.262 e. The molecule has 1 fully saturated rings. The van der Waals surface area contributed by atoms with Gasteiger partial charge in [0.2, 0.25) is 0 Å². The van der Waals surface area contributed by atoms with Crippen LogP contribution >= 0.6 is 0 Å². The van der Waals surface area contributed by atoms with Crippen LogP contribution in [-0.2, 0) is 0 Å². The van der Waals surface area contributed by atoms with Gasteiger partial charge in [0.25, 0.3) is 5.92 Å². The van der Waals surface area contributed by atoms with Gasteiger partial charge in [-0.05, 0) is 25.2 Å². The largest absolute Gasteiger partial charge is 0.507 e. The second kappa shape index (κ2) is 7.26. The lowest BCUT2D eigenvalue weighted by atomic mass is 10.0. The molecule has 0 radical (unpaired) electrons. The summed E-state index contributed by atoms with van der Waals surface area (Å²) in [6, 6.07) is 13.4. The van der Waals surface area contributed by atoms with Crippen LogP contribution in [0.1, 0.15) is 12.0 Å². The second-order valence-electron chi connectivity index (χ2n) is 7.38. The summed E-state index contributed by atoms with van der Waals surface area (Å²) < 4.78 is 27.9. The summed E-state index contributed by atoms with van der Waals surface area (Å²) in [4.78, 5) is 1.60. The van der Waals surface area contributed by atoms with Gasteiger partial charge in [-0.15, -0.1) is 10.2 Å². The van der Waals surface area contributed by atoms with E-state index in [-0.39, 0.29) is 18.7 Å². The third kappa shape index (κ3) is 3.82. The molecule has 0 amide bonds. The van der Waals surface area contributed by atoms with Gasteiger partial charge in [-0.1, -0.05) is 24.3 Å². The number of benzene rings is 2. The zero-order valence-electron chi connectivity index (χ0n) is 15.7. The Bertz CT molecular complexity index is 1110. The number of nitriles is 1. The number of likely N-dealkylation sites (N-methyl/N-ethyl adjacent to an activating group) is 1. The van der Waals surface area contributed by atoms with Crippen LogP contribution in [0.25, 0.3) is 22.0 Å². The van der Waals surface area contributed by atoms with Crippen LogP contribution in [0.5, 0.6) is 5.75 Å². The third-order valence-corrected chi connectivity index (χ3v) is 4.99.